The van der Waals surface area contributed by atoms with Gasteiger partial charge < -0.3 is 14.6 Å². The molecule has 2 rings (SSSR count). The normalized spacial score (nSPS) is 16.3. The van der Waals surface area contributed by atoms with Gasteiger partial charge in [-0.2, -0.15) is 0 Å². The third-order valence-corrected chi connectivity index (χ3v) is 4.93. The summed E-state index contributed by atoms with van der Waals surface area (Å²) in [6.07, 6.45) is 9.93. The monoisotopic (exact) mass is 410 g/mol. The Morgan fingerprint density at radius 3 is 2.53 bits per heavy atom. The van der Waals surface area contributed by atoms with E-state index < -0.39 is 5.97 Å². The first-order chi connectivity index (χ1) is 14.1. The molecular weight excluding hydrogens is 376 g/mol. The molecule has 0 radical (unpaired) electrons. The zero-order chi connectivity index (χ0) is 22.5. The Labute approximate surface area is 180 Å². The van der Waals surface area contributed by atoms with E-state index in [0.29, 0.717) is 18.1 Å². The van der Waals surface area contributed by atoms with Crippen LogP contribution in [0, 0.1) is 5.92 Å². The first-order valence-electron chi connectivity index (χ1n) is 10.6. The Morgan fingerprint density at radius 2 is 1.97 bits per heavy atom. The highest BCUT2D eigenvalue weighted by molar-refractivity contribution is 5.82. The highest BCUT2D eigenvalue weighted by Gasteiger charge is 2.29. The SMILES string of the molecule is CCOc1cc2c(cc1C(=CC=CC(C)=CC(=O)O)CC)C(C(C)C)=CC(C)(C)O2. The molecular formula is C26H34O4. The first kappa shape index (κ1) is 23.5. The van der Waals surface area contributed by atoms with Gasteiger partial charge in [0.1, 0.15) is 17.1 Å². The second-order valence-electron chi connectivity index (χ2n) is 8.37. The van der Waals surface area contributed by atoms with Crippen molar-refractivity contribution < 1.29 is 19.4 Å². The molecule has 0 saturated heterocycles. The van der Waals surface area contributed by atoms with Gasteiger partial charge in [0.05, 0.1) is 6.61 Å². The molecule has 0 aromatic heterocycles. The number of aliphatic carboxylic acids is 1. The largest absolute Gasteiger partial charge is 0.493 e. The molecule has 1 aliphatic rings. The number of benzene rings is 1. The minimum atomic E-state index is -0.943. The van der Waals surface area contributed by atoms with E-state index in [1.807, 2.05) is 25.1 Å². The molecule has 0 spiro atoms. The number of rotatable bonds is 8. The maximum atomic E-state index is 10.8. The van der Waals surface area contributed by atoms with E-state index in [1.54, 1.807) is 13.0 Å². The number of hydrogen-bond acceptors (Lipinski definition) is 3. The van der Waals surface area contributed by atoms with Gasteiger partial charge in [-0.15, -0.1) is 0 Å². The summed E-state index contributed by atoms with van der Waals surface area (Å²) in [4.78, 5) is 10.8. The second kappa shape index (κ2) is 9.84. The highest BCUT2D eigenvalue weighted by Crippen LogP contribution is 2.44. The van der Waals surface area contributed by atoms with Crippen LogP contribution < -0.4 is 9.47 Å². The highest BCUT2D eigenvalue weighted by atomic mass is 16.5. The van der Waals surface area contributed by atoms with E-state index in [4.69, 9.17) is 14.6 Å². The van der Waals surface area contributed by atoms with Gasteiger partial charge in [-0.25, -0.2) is 4.79 Å². The van der Waals surface area contributed by atoms with Crippen LogP contribution in [0.1, 0.15) is 66.0 Å². The summed E-state index contributed by atoms with van der Waals surface area (Å²) < 4.78 is 12.2. The molecule has 0 amide bonds. The van der Waals surface area contributed by atoms with Gasteiger partial charge in [-0.3, -0.25) is 0 Å². The Morgan fingerprint density at radius 1 is 1.27 bits per heavy atom. The van der Waals surface area contributed by atoms with Gasteiger partial charge in [0.15, 0.2) is 0 Å². The predicted octanol–water partition coefficient (Wildman–Crippen LogP) is 6.68. The molecule has 0 saturated carbocycles. The number of allylic oxidation sites excluding steroid dienone is 6. The summed E-state index contributed by atoms with van der Waals surface area (Å²) in [5.74, 6) is 1.08. The summed E-state index contributed by atoms with van der Waals surface area (Å²) in [5.41, 5.74) is 4.86. The van der Waals surface area contributed by atoms with E-state index in [1.165, 1.54) is 11.6 Å². The van der Waals surface area contributed by atoms with Crippen LogP contribution in [0.3, 0.4) is 0 Å². The summed E-state index contributed by atoms with van der Waals surface area (Å²) in [7, 11) is 0. The maximum Gasteiger partial charge on any atom is 0.328 e. The Hall–Kier alpha value is -2.75. The minimum Gasteiger partial charge on any atom is -0.493 e. The Bertz CT molecular complexity index is 911. The van der Waals surface area contributed by atoms with Gasteiger partial charge in [0, 0.05) is 23.3 Å². The molecule has 30 heavy (non-hydrogen) atoms. The van der Waals surface area contributed by atoms with Crippen molar-refractivity contribution in [3.63, 3.8) is 0 Å². The second-order valence-corrected chi connectivity index (χ2v) is 8.37. The number of ether oxygens (including phenoxy) is 2. The lowest BCUT2D eigenvalue weighted by Gasteiger charge is -2.33. The molecule has 1 heterocycles. The van der Waals surface area contributed by atoms with Crippen LogP contribution in [-0.2, 0) is 4.79 Å². The predicted molar refractivity (Wildman–Crippen MR) is 124 cm³/mol. The van der Waals surface area contributed by atoms with E-state index in [-0.39, 0.29) is 5.60 Å². The van der Waals surface area contributed by atoms with Crippen LogP contribution >= 0.6 is 0 Å². The van der Waals surface area contributed by atoms with Crippen LogP contribution in [0.5, 0.6) is 11.5 Å². The Balaban J connectivity index is 2.58. The number of carboxylic acids is 1. The Kier molecular flexibility index (Phi) is 7.71. The lowest BCUT2D eigenvalue weighted by molar-refractivity contribution is -0.131. The number of fused-ring (bicyclic) bond motifs is 1. The van der Waals surface area contributed by atoms with E-state index in [0.717, 1.165) is 34.6 Å². The standard InChI is InChI=1S/C26H34O4/c1-8-19(12-10-11-18(5)13-25(27)28)20-14-21-22(17(3)4)16-26(6,7)30-24(21)15-23(20)29-9-2/h10-17H,8-9H2,1-7H3,(H,27,28). The zero-order valence-corrected chi connectivity index (χ0v) is 19.2. The van der Waals surface area contributed by atoms with Crippen molar-refractivity contribution in [1.29, 1.82) is 0 Å². The molecule has 0 unspecified atom stereocenters. The third kappa shape index (κ3) is 5.88. The number of carbonyl (C=O) groups is 1. The topological polar surface area (TPSA) is 55.8 Å². The van der Waals surface area contributed by atoms with Crippen molar-refractivity contribution in [3.8, 4) is 11.5 Å². The van der Waals surface area contributed by atoms with Gasteiger partial charge >= 0.3 is 5.97 Å². The summed E-state index contributed by atoms with van der Waals surface area (Å²) >= 11 is 0. The first-order valence-corrected chi connectivity index (χ1v) is 10.6. The molecule has 0 atom stereocenters. The van der Waals surface area contributed by atoms with Gasteiger partial charge in [0.25, 0.3) is 0 Å². The molecule has 1 aromatic carbocycles. The fraction of sp³-hybridized carbons (Fsp3) is 0.423. The average molecular weight is 411 g/mol. The van der Waals surface area contributed by atoms with Crippen molar-refractivity contribution >= 4 is 17.1 Å². The summed E-state index contributed by atoms with van der Waals surface area (Å²) in [6, 6.07) is 4.18. The van der Waals surface area contributed by atoms with Crippen LogP contribution in [0.2, 0.25) is 0 Å². The van der Waals surface area contributed by atoms with E-state index in [9.17, 15) is 4.79 Å². The quantitative estimate of drug-likeness (QED) is 0.384. The van der Waals surface area contributed by atoms with Crippen molar-refractivity contribution in [1.82, 2.24) is 0 Å². The maximum absolute atomic E-state index is 10.8. The van der Waals surface area contributed by atoms with Gasteiger partial charge in [-0.05, 0) is 68.9 Å². The van der Waals surface area contributed by atoms with Gasteiger partial charge in [-0.1, -0.05) is 39.0 Å². The molecule has 0 bridgehead atoms. The molecule has 1 N–H and O–H groups in total. The third-order valence-electron chi connectivity index (χ3n) is 4.93. The van der Waals surface area contributed by atoms with Crippen molar-refractivity contribution in [3.05, 3.63) is 59.2 Å². The van der Waals surface area contributed by atoms with Crippen molar-refractivity contribution in [2.24, 2.45) is 5.92 Å². The van der Waals surface area contributed by atoms with Crippen LogP contribution in [-0.4, -0.2) is 23.3 Å². The fourth-order valence-corrected chi connectivity index (χ4v) is 3.60. The zero-order valence-electron chi connectivity index (χ0n) is 19.2. The minimum absolute atomic E-state index is 0.363. The van der Waals surface area contributed by atoms with Crippen LogP contribution in [0.4, 0.5) is 0 Å². The van der Waals surface area contributed by atoms with Gasteiger partial charge in [0.2, 0.25) is 0 Å². The van der Waals surface area contributed by atoms with Crippen molar-refractivity contribution in [2.75, 3.05) is 6.61 Å². The molecule has 0 aliphatic carbocycles. The summed E-state index contributed by atoms with van der Waals surface area (Å²) in [5, 5.41) is 8.87. The summed E-state index contributed by atoms with van der Waals surface area (Å²) in [6.45, 7) is 15.0. The van der Waals surface area contributed by atoms with E-state index >= 15 is 0 Å². The molecule has 1 aliphatic heterocycles. The number of hydrogen-bond donors (Lipinski definition) is 1. The molecule has 1 aromatic rings. The molecule has 4 heteroatoms. The fourth-order valence-electron chi connectivity index (χ4n) is 3.60. The lowest BCUT2D eigenvalue weighted by Crippen LogP contribution is -2.29. The molecule has 0 fully saturated rings. The van der Waals surface area contributed by atoms with E-state index in [2.05, 4.69) is 46.8 Å². The lowest BCUT2D eigenvalue weighted by atomic mass is 9.86. The van der Waals surface area contributed by atoms with Crippen LogP contribution in [0.25, 0.3) is 11.1 Å². The molecule has 162 valence electrons. The van der Waals surface area contributed by atoms with Crippen LogP contribution in [0.15, 0.2) is 48.1 Å². The molecule has 4 nitrogen and oxygen atoms in total. The smallest absolute Gasteiger partial charge is 0.328 e. The average Bonchev–Trinajstić information content (AvgIpc) is 2.63. The number of carboxylic acid groups (broad SMARTS) is 1. The van der Waals surface area contributed by atoms with Crippen molar-refractivity contribution in [2.45, 2.75) is 60.5 Å².